The molecule has 0 aliphatic rings. The molecule has 0 saturated carbocycles. The first-order valence-corrected chi connectivity index (χ1v) is 5.10. The van der Waals surface area contributed by atoms with Gasteiger partial charge in [-0.2, -0.15) is 0 Å². The Morgan fingerprint density at radius 3 is 2.55 bits per heavy atom. The number of carbonyl (C=O) groups excluding carboxylic acids is 1. The van der Waals surface area contributed by atoms with Crippen LogP contribution in [0.2, 0.25) is 0 Å². The van der Waals surface area contributed by atoms with Gasteiger partial charge in [0.15, 0.2) is 0 Å². The highest BCUT2D eigenvalue weighted by Gasteiger charge is 2.02. The first-order valence-electron chi connectivity index (χ1n) is 3.58. The van der Waals surface area contributed by atoms with E-state index in [1.54, 1.807) is 19.0 Å². The molecule has 11 heavy (non-hydrogen) atoms. The van der Waals surface area contributed by atoms with Crippen LogP contribution < -0.4 is 0 Å². The van der Waals surface area contributed by atoms with Gasteiger partial charge in [0.1, 0.15) is 0 Å². The van der Waals surface area contributed by atoms with Crippen LogP contribution in [0.15, 0.2) is 0 Å². The van der Waals surface area contributed by atoms with Gasteiger partial charge in [-0.25, -0.2) is 0 Å². The predicted molar refractivity (Wildman–Crippen MR) is 51.5 cm³/mol. The maximum atomic E-state index is 11.0. The Kier molecular flexibility index (Phi) is 6.87. The second kappa shape index (κ2) is 6.80. The Hall–Kier alpha value is 0.110. The average molecular weight is 196 g/mol. The van der Waals surface area contributed by atoms with Crippen molar-refractivity contribution in [2.75, 3.05) is 25.7 Å². The van der Waals surface area contributed by atoms with Crippen LogP contribution in [0.4, 0.5) is 4.79 Å². The lowest BCUT2D eigenvalue weighted by Gasteiger charge is -2.08. The molecule has 0 aliphatic carbocycles. The van der Waals surface area contributed by atoms with Crippen LogP contribution in [0.25, 0.3) is 0 Å². The lowest BCUT2D eigenvalue weighted by molar-refractivity contribution is 0.241. The molecule has 0 bridgehead atoms. The molecule has 0 rings (SSSR count). The largest absolute Gasteiger partial charge is 0.340 e. The van der Waals surface area contributed by atoms with E-state index in [1.165, 1.54) is 11.8 Å². The molecular formula is C7H14ClNOS. The summed E-state index contributed by atoms with van der Waals surface area (Å²) in [5.74, 6) is 1.57. The van der Waals surface area contributed by atoms with Crippen molar-refractivity contribution in [3.05, 3.63) is 0 Å². The predicted octanol–water partition coefficient (Wildman–Crippen LogP) is 2.42. The van der Waals surface area contributed by atoms with E-state index in [9.17, 15) is 4.79 Å². The molecule has 0 radical (unpaired) electrons. The van der Waals surface area contributed by atoms with Gasteiger partial charge in [0.25, 0.3) is 5.24 Å². The molecule has 1 amide bonds. The zero-order valence-electron chi connectivity index (χ0n) is 6.97. The molecule has 0 N–H and O–H groups in total. The highest BCUT2D eigenvalue weighted by atomic mass is 35.5. The quantitative estimate of drug-likeness (QED) is 0.507. The zero-order chi connectivity index (χ0) is 8.69. The van der Waals surface area contributed by atoms with Crippen molar-refractivity contribution in [3.8, 4) is 0 Å². The van der Waals surface area contributed by atoms with E-state index in [1.807, 2.05) is 0 Å². The van der Waals surface area contributed by atoms with Crippen molar-refractivity contribution in [2.24, 2.45) is 0 Å². The fourth-order valence-corrected chi connectivity index (χ4v) is 1.46. The summed E-state index contributed by atoms with van der Waals surface area (Å²) in [5, 5.41) is 0.125. The van der Waals surface area contributed by atoms with Crippen LogP contribution in [0.1, 0.15) is 12.8 Å². The van der Waals surface area contributed by atoms with E-state index in [4.69, 9.17) is 11.6 Å². The summed E-state index contributed by atoms with van der Waals surface area (Å²) in [6.45, 7) is 0. The summed E-state index contributed by atoms with van der Waals surface area (Å²) in [4.78, 5) is 12.6. The Balaban J connectivity index is 3.18. The van der Waals surface area contributed by atoms with Crippen LogP contribution in [-0.2, 0) is 0 Å². The summed E-state index contributed by atoms with van der Waals surface area (Å²) in [6.07, 6.45) is 2.02. The number of alkyl halides is 1. The molecule has 4 heteroatoms. The van der Waals surface area contributed by atoms with E-state index in [-0.39, 0.29) is 5.24 Å². The number of unbranched alkanes of at least 4 members (excludes halogenated alkanes) is 1. The molecule has 0 spiro atoms. The van der Waals surface area contributed by atoms with Gasteiger partial charge in [-0.3, -0.25) is 4.79 Å². The Labute approximate surface area is 77.3 Å². The number of hydrogen-bond donors (Lipinski definition) is 0. The van der Waals surface area contributed by atoms with Crippen LogP contribution >= 0.6 is 23.4 Å². The van der Waals surface area contributed by atoms with Gasteiger partial charge in [-0.1, -0.05) is 11.8 Å². The highest BCUT2D eigenvalue weighted by Crippen LogP contribution is 2.08. The number of carbonyl (C=O) groups is 1. The zero-order valence-corrected chi connectivity index (χ0v) is 8.54. The molecular weight excluding hydrogens is 182 g/mol. The SMILES string of the molecule is CN(C)C(=O)SCCCCCl. The van der Waals surface area contributed by atoms with Crippen LogP contribution in [0, 0.1) is 0 Å². The van der Waals surface area contributed by atoms with Crippen molar-refractivity contribution < 1.29 is 4.79 Å². The Morgan fingerprint density at radius 2 is 2.09 bits per heavy atom. The number of nitrogens with zero attached hydrogens (tertiary/aromatic N) is 1. The maximum absolute atomic E-state index is 11.0. The van der Waals surface area contributed by atoms with Gasteiger partial charge in [0.05, 0.1) is 0 Å². The monoisotopic (exact) mass is 195 g/mol. The smallest absolute Gasteiger partial charge is 0.281 e. The Bertz CT molecular complexity index is 119. The second-order valence-electron chi connectivity index (χ2n) is 2.40. The minimum Gasteiger partial charge on any atom is -0.340 e. The van der Waals surface area contributed by atoms with Crippen molar-refractivity contribution in [3.63, 3.8) is 0 Å². The molecule has 0 atom stereocenters. The summed E-state index contributed by atoms with van der Waals surface area (Å²) in [7, 11) is 3.52. The number of thioether (sulfide) groups is 1. The third kappa shape index (κ3) is 6.51. The third-order valence-corrected chi connectivity index (χ3v) is 2.49. The summed E-state index contributed by atoms with van der Waals surface area (Å²) in [5.41, 5.74) is 0. The summed E-state index contributed by atoms with van der Waals surface area (Å²) >= 11 is 6.83. The number of rotatable bonds is 4. The first kappa shape index (κ1) is 11.1. The van der Waals surface area contributed by atoms with Gasteiger partial charge in [0.2, 0.25) is 0 Å². The average Bonchev–Trinajstić information content (AvgIpc) is 1.97. The summed E-state index contributed by atoms with van der Waals surface area (Å²) < 4.78 is 0. The molecule has 2 nitrogen and oxygen atoms in total. The normalized spacial score (nSPS) is 9.73. The van der Waals surface area contributed by atoms with Crippen molar-refractivity contribution in [1.29, 1.82) is 0 Å². The number of hydrogen-bond acceptors (Lipinski definition) is 2. The minimum atomic E-state index is 0.125. The molecule has 0 aliphatic heterocycles. The number of halogens is 1. The van der Waals surface area contributed by atoms with Gasteiger partial charge in [-0.15, -0.1) is 11.6 Å². The third-order valence-electron chi connectivity index (χ3n) is 1.12. The topological polar surface area (TPSA) is 20.3 Å². The molecule has 0 aromatic rings. The van der Waals surface area contributed by atoms with Crippen LogP contribution in [0.5, 0.6) is 0 Å². The van der Waals surface area contributed by atoms with Gasteiger partial charge < -0.3 is 4.90 Å². The molecule has 0 heterocycles. The van der Waals surface area contributed by atoms with Crippen LogP contribution in [-0.4, -0.2) is 35.9 Å². The van der Waals surface area contributed by atoms with E-state index >= 15 is 0 Å². The van der Waals surface area contributed by atoms with Gasteiger partial charge in [-0.05, 0) is 12.8 Å². The van der Waals surface area contributed by atoms with Crippen molar-refractivity contribution in [1.82, 2.24) is 4.90 Å². The van der Waals surface area contributed by atoms with E-state index in [2.05, 4.69) is 0 Å². The second-order valence-corrected chi connectivity index (χ2v) is 3.83. The standard InChI is InChI=1S/C7H14ClNOS/c1-9(2)7(10)11-6-4-3-5-8/h3-6H2,1-2H3. The van der Waals surface area contributed by atoms with Gasteiger partial charge in [0, 0.05) is 25.7 Å². The van der Waals surface area contributed by atoms with E-state index < -0.39 is 0 Å². The molecule has 0 saturated heterocycles. The van der Waals surface area contributed by atoms with Crippen molar-refractivity contribution in [2.45, 2.75) is 12.8 Å². The lowest BCUT2D eigenvalue weighted by Crippen LogP contribution is -2.16. The molecule has 0 unspecified atom stereocenters. The number of amides is 1. The first-order chi connectivity index (χ1) is 5.18. The molecule has 0 aromatic heterocycles. The van der Waals surface area contributed by atoms with Crippen LogP contribution in [0.3, 0.4) is 0 Å². The highest BCUT2D eigenvalue weighted by molar-refractivity contribution is 8.13. The van der Waals surface area contributed by atoms with Crippen molar-refractivity contribution >= 4 is 28.6 Å². The summed E-state index contributed by atoms with van der Waals surface area (Å²) in [6, 6.07) is 0. The Morgan fingerprint density at radius 1 is 1.45 bits per heavy atom. The molecule has 0 fully saturated rings. The minimum absolute atomic E-state index is 0.125. The molecule has 66 valence electrons. The van der Waals surface area contributed by atoms with E-state index in [0.717, 1.165) is 18.6 Å². The molecule has 0 aromatic carbocycles. The fraction of sp³-hybridized carbons (Fsp3) is 0.857. The van der Waals surface area contributed by atoms with E-state index in [0.29, 0.717) is 5.88 Å². The van der Waals surface area contributed by atoms with Gasteiger partial charge >= 0.3 is 0 Å². The maximum Gasteiger partial charge on any atom is 0.281 e. The lowest BCUT2D eigenvalue weighted by atomic mass is 10.4. The fourth-order valence-electron chi connectivity index (χ4n) is 0.485.